The van der Waals surface area contributed by atoms with Crippen molar-refractivity contribution in [1.82, 2.24) is 0 Å². The van der Waals surface area contributed by atoms with E-state index >= 15 is 0 Å². The van der Waals surface area contributed by atoms with Gasteiger partial charge in [0, 0.05) is 66.4 Å². The number of fused-ring (bicyclic) bond motifs is 9. The summed E-state index contributed by atoms with van der Waals surface area (Å²) in [4.78, 5) is 0. The van der Waals surface area contributed by atoms with Crippen LogP contribution in [-0.2, 0) is 0 Å². The lowest BCUT2D eigenvalue weighted by molar-refractivity contribution is 0.668. The summed E-state index contributed by atoms with van der Waals surface area (Å²) in [6.07, 6.45) is 0. The molecule has 10 rings (SSSR count). The van der Waals surface area contributed by atoms with E-state index in [2.05, 4.69) is 70.5 Å². The summed E-state index contributed by atoms with van der Waals surface area (Å²) in [5, 5.41) is 17.5. The Kier molecular flexibility index (Phi) is 5.77. The van der Waals surface area contributed by atoms with Crippen LogP contribution in [0.15, 0.2) is 159 Å². The fourth-order valence-corrected chi connectivity index (χ4v) is 6.76. The maximum absolute atomic E-state index is 6.07. The van der Waals surface area contributed by atoms with Crippen LogP contribution in [0, 0.1) is 0 Å². The Morgan fingerprint density at radius 3 is 0.875 bits per heavy atom. The molecule has 0 saturated heterocycles. The van der Waals surface area contributed by atoms with Crippen molar-refractivity contribution >= 4 is 99.9 Å². The number of hydrogen-bond donors (Lipinski definition) is 3. The van der Waals surface area contributed by atoms with Crippen LogP contribution in [0.4, 0.5) is 34.1 Å². The highest BCUT2D eigenvalue weighted by Crippen LogP contribution is 2.37. The third-order valence-corrected chi connectivity index (χ3v) is 8.93. The summed E-state index contributed by atoms with van der Waals surface area (Å²) in [7, 11) is 0. The van der Waals surface area contributed by atoms with E-state index in [0.29, 0.717) is 0 Å². The molecule has 0 bridgehead atoms. The van der Waals surface area contributed by atoms with Gasteiger partial charge in [-0.05, 0) is 91.0 Å². The molecule has 3 N–H and O–H groups in total. The number of benzene rings is 7. The van der Waals surface area contributed by atoms with Crippen molar-refractivity contribution in [2.75, 3.05) is 16.0 Å². The van der Waals surface area contributed by atoms with E-state index in [-0.39, 0.29) is 0 Å². The van der Waals surface area contributed by atoms with E-state index < -0.39 is 0 Å². The minimum atomic E-state index is 0.865. The quantitative estimate of drug-likeness (QED) is 0.171. The van der Waals surface area contributed by atoms with Gasteiger partial charge in [0.05, 0.1) is 0 Å². The second kappa shape index (κ2) is 10.4. The van der Waals surface area contributed by atoms with Gasteiger partial charge in [0.25, 0.3) is 0 Å². The van der Waals surface area contributed by atoms with E-state index in [1.165, 1.54) is 0 Å². The van der Waals surface area contributed by atoms with Crippen LogP contribution in [0.2, 0.25) is 0 Å². The second-order valence-corrected chi connectivity index (χ2v) is 12.1. The van der Waals surface area contributed by atoms with Gasteiger partial charge in [-0.3, -0.25) is 0 Å². The Labute approximate surface area is 274 Å². The van der Waals surface area contributed by atoms with E-state index in [1.807, 2.05) is 91.0 Å². The molecule has 6 nitrogen and oxygen atoms in total. The number of hydrogen-bond acceptors (Lipinski definition) is 6. The largest absolute Gasteiger partial charge is 0.456 e. The first-order valence-electron chi connectivity index (χ1n) is 15.9. The lowest BCUT2D eigenvalue weighted by Gasteiger charge is -2.15. The lowest BCUT2D eigenvalue weighted by Crippen LogP contribution is -1.97. The van der Waals surface area contributed by atoms with Crippen LogP contribution in [0.3, 0.4) is 0 Å². The predicted octanol–water partition coefficient (Wildman–Crippen LogP) is 12.6. The van der Waals surface area contributed by atoms with E-state index in [9.17, 15) is 0 Å². The molecule has 0 saturated carbocycles. The topological polar surface area (TPSA) is 75.5 Å². The first kappa shape index (κ1) is 26.5. The van der Waals surface area contributed by atoms with Crippen molar-refractivity contribution < 1.29 is 13.3 Å². The molecule has 0 aliphatic heterocycles. The highest BCUT2D eigenvalue weighted by atomic mass is 16.3. The summed E-state index contributed by atoms with van der Waals surface area (Å²) in [5.41, 5.74) is 10.9. The molecule has 7 aromatic carbocycles. The standard InChI is InChI=1S/C42H27N3O3/c1-4-10-37-31(7-1)34-22-25(13-16-40(34)46-37)43-28-19-29(44-26-14-17-41-35(23-26)32-8-2-5-11-38(32)47-41)21-30(20-28)45-27-15-18-42-36(24-27)33-9-3-6-12-39(33)48-42/h1-24,43-45H. The Morgan fingerprint density at radius 2 is 0.542 bits per heavy atom. The van der Waals surface area contributed by atoms with Gasteiger partial charge in [-0.25, -0.2) is 0 Å². The van der Waals surface area contributed by atoms with Gasteiger partial charge < -0.3 is 29.2 Å². The maximum Gasteiger partial charge on any atom is 0.135 e. The Bertz CT molecular complexity index is 2520. The molecular weight excluding hydrogens is 594 g/mol. The minimum absolute atomic E-state index is 0.865. The molecule has 10 aromatic rings. The summed E-state index contributed by atoms with van der Waals surface area (Å²) >= 11 is 0. The molecule has 0 aliphatic carbocycles. The zero-order chi connectivity index (χ0) is 31.6. The average molecular weight is 622 g/mol. The van der Waals surface area contributed by atoms with Crippen molar-refractivity contribution in [2.24, 2.45) is 0 Å². The van der Waals surface area contributed by atoms with E-state index in [4.69, 9.17) is 13.3 Å². The number of anilines is 6. The third kappa shape index (κ3) is 4.50. The molecule has 0 radical (unpaired) electrons. The second-order valence-electron chi connectivity index (χ2n) is 12.1. The maximum atomic E-state index is 6.07. The molecule has 6 heteroatoms. The predicted molar refractivity (Wildman–Crippen MR) is 197 cm³/mol. The Hall–Kier alpha value is -6.66. The molecular formula is C42H27N3O3. The zero-order valence-electron chi connectivity index (χ0n) is 25.6. The monoisotopic (exact) mass is 621 g/mol. The summed E-state index contributed by atoms with van der Waals surface area (Å²) in [5.74, 6) is 0. The molecule has 228 valence electrons. The molecule has 0 atom stereocenters. The molecule has 48 heavy (non-hydrogen) atoms. The van der Waals surface area contributed by atoms with Gasteiger partial charge in [0.2, 0.25) is 0 Å². The van der Waals surface area contributed by atoms with Crippen LogP contribution >= 0.6 is 0 Å². The number of nitrogens with one attached hydrogen (secondary N) is 3. The van der Waals surface area contributed by atoms with Crippen LogP contribution < -0.4 is 16.0 Å². The first-order chi connectivity index (χ1) is 23.7. The van der Waals surface area contributed by atoms with Gasteiger partial charge in [-0.2, -0.15) is 0 Å². The molecule has 0 aliphatic rings. The molecule has 3 heterocycles. The average Bonchev–Trinajstić information content (AvgIpc) is 3.79. The normalized spacial score (nSPS) is 11.8. The van der Waals surface area contributed by atoms with Gasteiger partial charge in [0.15, 0.2) is 0 Å². The molecule has 0 amide bonds. The van der Waals surface area contributed by atoms with Crippen molar-refractivity contribution in [2.45, 2.75) is 0 Å². The summed E-state index contributed by atoms with van der Waals surface area (Å²) in [6.45, 7) is 0. The van der Waals surface area contributed by atoms with Crippen molar-refractivity contribution in [1.29, 1.82) is 0 Å². The number of furan rings is 3. The van der Waals surface area contributed by atoms with E-state index in [0.717, 1.165) is 99.9 Å². The van der Waals surface area contributed by atoms with Crippen LogP contribution in [0.1, 0.15) is 0 Å². The van der Waals surface area contributed by atoms with Crippen LogP contribution in [-0.4, -0.2) is 0 Å². The lowest BCUT2D eigenvalue weighted by atomic mass is 10.1. The third-order valence-electron chi connectivity index (χ3n) is 8.93. The minimum Gasteiger partial charge on any atom is -0.456 e. The van der Waals surface area contributed by atoms with Gasteiger partial charge in [0.1, 0.15) is 33.5 Å². The SMILES string of the molecule is c1ccc2c(c1)oc1ccc(Nc3cc(Nc4ccc5oc6ccccc6c5c4)cc(Nc4ccc5oc6ccccc6c5c4)c3)cc12. The molecule has 3 aromatic heterocycles. The fourth-order valence-electron chi connectivity index (χ4n) is 6.76. The van der Waals surface area contributed by atoms with Gasteiger partial charge >= 0.3 is 0 Å². The van der Waals surface area contributed by atoms with Crippen molar-refractivity contribution in [3.8, 4) is 0 Å². The number of rotatable bonds is 6. The Morgan fingerprint density at radius 1 is 0.250 bits per heavy atom. The molecule has 0 fully saturated rings. The number of para-hydroxylation sites is 3. The van der Waals surface area contributed by atoms with Crippen LogP contribution in [0.25, 0.3) is 65.8 Å². The fraction of sp³-hybridized carbons (Fsp3) is 0. The molecule has 0 spiro atoms. The summed E-state index contributed by atoms with van der Waals surface area (Å²) < 4.78 is 18.2. The molecule has 0 unspecified atom stereocenters. The zero-order valence-corrected chi connectivity index (χ0v) is 25.6. The first-order valence-corrected chi connectivity index (χ1v) is 15.9. The Balaban J connectivity index is 1.04. The summed E-state index contributed by atoms with van der Waals surface area (Å²) in [6, 6.07) is 49.4. The van der Waals surface area contributed by atoms with Crippen molar-refractivity contribution in [3.63, 3.8) is 0 Å². The smallest absolute Gasteiger partial charge is 0.135 e. The van der Waals surface area contributed by atoms with E-state index in [1.54, 1.807) is 0 Å². The highest BCUT2D eigenvalue weighted by molar-refractivity contribution is 6.08. The van der Waals surface area contributed by atoms with Gasteiger partial charge in [-0.15, -0.1) is 0 Å². The highest BCUT2D eigenvalue weighted by Gasteiger charge is 2.12. The van der Waals surface area contributed by atoms with Crippen molar-refractivity contribution in [3.05, 3.63) is 146 Å². The van der Waals surface area contributed by atoms with Gasteiger partial charge in [-0.1, -0.05) is 54.6 Å². The van der Waals surface area contributed by atoms with Crippen LogP contribution in [0.5, 0.6) is 0 Å².